The van der Waals surface area contributed by atoms with Gasteiger partial charge in [-0.2, -0.15) is 0 Å². The number of hydrogen-bond donors (Lipinski definition) is 2. The van der Waals surface area contributed by atoms with E-state index in [1.54, 1.807) is 30.5 Å². The SMILES string of the molecule is Cc1ccn2c(=O)cc(COc3ccc(NC(=O)Nc4cccc(C)c4C)cc3)nc2c1. The number of amides is 2. The molecule has 162 valence electrons. The second kappa shape index (κ2) is 8.93. The smallest absolute Gasteiger partial charge is 0.323 e. The van der Waals surface area contributed by atoms with Crippen LogP contribution in [0.2, 0.25) is 0 Å². The van der Waals surface area contributed by atoms with Gasteiger partial charge in [-0.05, 0) is 79.9 Å². The Morgan fingerprint density at radius 1 is 1.00 bits per heavy atom. The Hall–Kier alpha value is -4.13. The molecule has 0 aliphatic carbocycles. The van der Waals surface area contributed by atoms with Crippen molar-refractivity contribution in [1.82, 2.24) is 9.38 Å². The Bertz CT molecular complexity index is 1340. The van der Waals surface area contributed by atoms with Crippen LogP contribution in [0.15, 0.2) is 71.7 Å². The third-order valence-electron chi connectivity index (χ3n) is 5.23. The lowest BCUT2D eigenvalue weighted by Crippen LogP contribution is -2.20. The van der Waals surface area contributed by atoms with E-state index >= 15 is 0 Å². The van der Waals surface area contributed by atoms with E-state index < -0.39 is 0 Å². The number of benzene rings is 2. The van der Waals surface area contributed by atoms with E-state index in [2.05, 4.69) is 15.6 Å². The molecule has 0 aliphatic heterocycles. The molecule has 0 saturated heterocycles. The van der Waals surface area contributed by atoms with Crippen molar-refractivity contribution in [3.63, 3.8) is 0 Å². The van der Waals surface area contributed by atoms with Crippen molar-refractivity contribution in [2.75, 3.05) is 10.6 Å². The molecule has 2 heterocycles. The molecule has 4 rings (SSSR count). The minimum absolute atomic E-state index is 0.150. The summed E-state index contributed by atoms with van der Waals surface area (Å²) in [6.07, 6.45) is 1.72. The summed E-state index contributed by atoms with van der Waals surface area (Å²) >= 11 is 0. The number of carbonyl (C=O) groups excluding carboxylic acids is 1. The van der Waals surface area contributed by atoms with Crippen LogP contribution >= 0.6 is 0 Å². The van der Waals surface area contributed by atoms with Gasteiger partial charge in [0, 0.05) is 23.6 Å². The molecule has 0 atom stereocenters. The van der Waals surface area contributed by atoms with Crippen LogP contribution < -0.4 is 20.9 Å². The summed E-state index contributed by atoms with van der Waals surface area (Å²) in [4.78, 5) is 29.1. The minimum Gasteiger partial charge on any atom is -0.487 e. The molecule has 0 saturated carbocycles. The van der Waals surface area contributed by atoms with Gasteiger partial charge in [-0.1, -0.05) is 12.1 Å². The van der Waals surface area contributed by atoms with E-state index in [9.17, 15) is 9.59 Å². The molecule has 2 aromatic heterocycles. The molecule has 0 radical (unpaired) electrons. The average molecular weight is 428 g/mol. The number of nitrogens with one attached hydrogen (secondary N) is 2. The van der Waals surface area contributed by atoms with E-state index in [-0.39, 0.29) is 18.2 Å². The quantitative estimate of drug-likeness (QED) is 0.476. The van der Waals surface area contributed by atoms with Crippen LogP contribution in [0.4, 0.5) is 16.2 Å². The van der Waals surface area contributed by atoms with E-state index in [1.165, 1.54) is 10.5 Å². The summed E-state index contributed by atoms with van der Waals surface area (Å²) in [5.41, 5.74) is 5.57. The second-order valence-corrected chi connectivity index (χ2v) is 7.66. The Kier molecular flexibility index (Phi) is 5.89. The summed E-state index contributed by atoms with van der Waals surface area (Å²) in [6.45, 7) is 6.09. The van der Waals surface area contributed by atoms with Gasteiger partial charge in [-0.3, -0.25) is 9.20 Å². The summed E-state index contributed by atoms with van der Waals surface area (Å²) in [7, 11) is 0. The van der Waals surface area contributed by atoms with E-state index in [1.807, 2.05) is 51.1 Å². The molecule has 0 unspecified atom stereocenters. The molecule has 0 bridgehead atoms. The molecule has 32 heavy (non-hydrogen) atoms. The number of carbonyl (C=O) groups is 1. The zero-order chi connectivity index (χ0) is 22.7. The maximum absolute atomic E-state index is 12.3. The molecule has 0 fully saturated rings. The first kappa shape index (κ1) is 21.1. The van der Waals surface area contributed by atoms with Gasteiger partial charge in [0.1, 0.15) is 18.0 Å². The number of fused-ring (bicyclic) bond motifs is 1. The molecule has 4 aromatic rings. The molecule has 2 amide bonds. The summed E-state index contributed by atoms with van der Waals surface area (Å²) in [5.74, 6) is 0.608. The Balaban J connectivity index is 1.38. The fourth-order valence-corrected chi connectivity index (χ4v) is 3.29. The summed E-state index contributed by atoms with van der Waals surface area (Å²) in [5, 5.41) is 5.67. The average Bonchev–Trinajstić information content (AvgIpc) is 2.76. The summed E-state index contributed by atoms with van der Waals surface area (Å²) in [6, 6.07) is 17.7. The van der Waals surface area contributed by atoms with Gasteiger partial charge in [0.05, 0.1) is 5.69 Å². The monoisotopic (exact) mass is 428 g/mol. The normalized spacial score (nSPS) is 10.7. The molecular weight excluding hydrogens is 404 g/mol. The van der Waals surface area contributed by atoms with Gasteiger partial charge >= 0.3 is 6.03 Å². The van der Waals surface area contributed by atoms with Crippen LogP contribution in [0, 0.1) is 20.8 Å². The van der Waals surface area contributed by atoms with Crippen molar-refractivity contribution in [2.24, 2.45) is 0 Å². The Morgan fingerprint density at radius 3 is 2.56 bits per heavy atom. The van der Waals surface area contributed by atoms with Gasteiger partial charge in [0.2, 0.25) is 0 Å². The fraction of sp³-hybridized carbons (Fsp3) is 0.160. The second-order valence-electron chi connectivity index (χ2n) is 7.66. The van der Waals surface area contributed by atoms with Crippen molar-refractivity contribution in [3.8, 4) is 5.75 Å². The highest BCUT2D eigenvalue weighted by Gasteiger charge is 2.07. The Labute approximate surface area is 185 Å². The van der Waals surface area contributed by atoms with Gasteiger partial charge in [0.25, 0.3) is 5.56 Å². The van der Waals surface area contributed by atoms with Crippen LogP contribution in [-0.2, 0) is 6.61 Å². The van der Waals surface area contributed by atoms with Crippen LogP contribution in [0.3, 0.4) is 0 Å². The number of aryl methyl sites for hydroxylation is 2. The molecule has 7 nitrogen and oxygen atoms in total. The number of ether oxygens (including phenoxy) is 1. The van der Waals surface area contributed by atoms with Gasteiger partial charge in [0.15, 0.2) is 0 Å². The molecular formula is C25H24N4O3. The molecule has 2 aromatic carbocycles. The number of nitrogens with zero attached hydrogens (tertiary/aromatic N) is 2. The highest BCUT2D eigenvalue weighted by molar-refractivity contribution is 6.00. The maximum Gasteiger partial charge on any atom is 0.323 e. The first-order chi connectivity index (χ1) is 15.4. The number of hydrogen-bond acceptors (Lipinski definition) is 4. The van der Waals surface area contributed by atoms with Gasteiger partial charge < -0.3 is 15.4 Å². The lowest BCUT2D eigenvalue weighted by Gasteiger charge is -2.12. The summed E-state index contributed by atoms with van der Waals surface area (Å²) < 4.78 is 7.27. The standard InChI is InChI=1S/C25H24N4O3/c1-16-11-12-29-23(13-16)26-20(14-24(29)30)15-32-21-9-7-19(8-10-21)27-25(31)28-22-6-4-5-17(2)18(22)3/h4-14H,15H2,1-3H3,(H2,27,28,31). The maximum atomic E-state index is 12.3. The fourth-order valence-electron chi connectivity index (χ4n) is 3.29. The van der Waals surface area contributed by atoms with Crippen molar-refractivity contribution < 1.29 is 9.53 Å². The van der Waals surface area contributed by atoms with Gasteiger partial charge in [-0.25, -0.2) is 9.78 Å². The first-order valence-electron chi connectivity index (χ1n) is 10.2. The van der Waals surface area contributed by atoms with E-state index in [4.69, 9.17) is 4.74 Å². The van der Waals surface area contributed by atoms with Crippen molar-refractivity contribution in [2.45, 2.75) is 27.4 Å². The molecule has 0 spiro atoms. The predicted molar refractivity (Wildman–Crippen MR) is 126 cm³/mol. The third-order valence-corrected chi connectivity index (χ3v) is 5.23. The van der Waals surface area contributed by atoms with E-state index in [0.717, 1.165) is 22.4 Å². The molecule has 7 heteroatoms. The number of urea groups is 1. The van der Waals surface area contributed by atoms with Crippen LogP contribution in [0.25, 0.3) is 5.65 Å². The highest BCUT2D eigenvalue weighted by atomic mass is 16.5. The number of pyridine rings is 1. The van der Waals surface area contributed by atoms with Crippen molar-refractivity contribution in [3.05, 3.63) is 99.6 Å². The first-order valence-corrected chi connectivity index (χ1v) is 10.2. The molecule has 2 N–H and O–H groups in total. The lowest BCUT2D eigenvalue weighted by atomic mass is 10.1. The largest absolute Gasteiger partial charge is 0.487 e. The van der Waals surface area contributed by atoms with Crippen LogP contribution in [0.5, 0.6) is 5.75 Å². The van der Waals surface area contributed by atoms with Crippen molar-refractivity contribution >= 4 is 23.1 Å². The minimum atomic E-state index is -0.316. The number of aromatic nitrogens is 2. The zero-order valence-corrected chi connectivity index (χ0v) is 18.2. The topological polar surface area (TPSA) is 84.7 Å². The predicted octanol–water partition coefficient (Wildman–Crippen LogP) is 4.84. The number of rotatable bonds is 5. The number of anilines is 2. The third kappa shape index (κ3) is 4.78. The lowest BCUT2D eigenvalue weighted by molar-refractivity contribution is 0.262. The van der Waals surface area contributed by atoms with Crippen LogP contribution in [0.1, 0.15) is 22.4 Å². The Morgan fingerprint density at radius 2 is 1.78 bits per heavy atom. The van der Waals surface area contributed by atoms with Crippen LogP contribution in [-0.4, -0.2) is 15.4 Å². The van der Waals surface area contributed by atoms with E-state index in [0.29, 0.717) is 22.8 Å². The molecule has 0 aliphatic rings. The van der Waals surface area contributed by atoms with Gasteiger partial charge in [-0.15, -0.1) is 0 Å². The zero-order valence-electron chi connectivity index (χ0n) is 18.2. The van der Waals surface area contributed by atoms with Crippen molar-refractivity contribution in [1.29, 1.82) is 0 Å². The highest BCUT2D eigenvalue weighted by Crippen LogP contribution is 2.20.